The molecule has 2 N–H and O–H groups in total. The Labute approximate surface area is 243 Å². The van der Waals surface area contributed by atoms with Gasteiger partial charge in [-0.05, 0) is 44.6 Å². The van der Waals surface area contributed by atoms with Gasteiger partial charge in [0, 0.05) is 52.7 Å². The standard InChI is InChI=1S/C33H34N4O5/c1-21-30(22(2)37(35-21)19-18-36-17-7-16-29(36)38)27-13-6-12-25-26(32(34-31(25)27)42-33(39)40)14-8-20-41-28-15-5-10-23-9-3-4-11-24(23)28/h3-6,9-13,15,34H,7-8,14,16-20H2,1-2H3,(H,39,40). The first kappa shape index (κ1) is 27.4. The summed E-state index contributed by atoms with van der Waals surface area (Å²) in [5, 5.41) is 17.4. The van der Waals surface area contributed by atoms with Gasteiger partial charge in [0.2, 0.25) is 11.8 Å². The molecule has 5 aromatic rings. The van der Waals surface area contributed by atoms with E-state index in [1.54, 1.807) is 0 Å². The van der Waals surface area contributed by atoms with Crippen molar-refractivity contribution in [1.29, 1.82) is 0 Å². The number of rotatable bonds is 10. The third-order valence-corrected chi connectivity index (χ3v) is 8.07. The minimum Gasteiger partial charge on any atom is -0.493 e. The van der Waals surface area contributed by atoms with Gasteiger partial charge in [0.15, 0.2) is 0 Å². The van der Waals surface area contributed by atoms with E-state index in [1.165, 1.54) is 0 Å². The lowest BCUT2D eigenvalue weighted by atomic mass is 9.99. The Kier molecular flexibility index (Phi) is 7.56. The minimum absolute atomic E-state index is 0.203. The number of H-pyrrole nitrogens is 1. The zero-order valence-electron chi connectivity index (χ0n) is 23.9. The van der Waals surface area contributed by atoms with Crippen LogP contribution in [0.3, 0.4) is 0 Å². The van der Waals surface area contributed by atoms with Crippen molar-refractivity contribution in [3.05, 3.63) is 77.6 Å². The number of aromatic amines is 1. The lowest BCUT2D eigenvalue weighted by Gasteiger charge is -2.16. The number of hydrogen-bond acceptors (Lipinski definition) is 5. The number of aromatic nitrogens is 3. The van der Waals surface area contributed by atoms with Crippen molar-refractivity contribution >= 4 is 33.7 Å². The highest BCUT2D eigenvalue weighted by molar-refractivity contribution is 5.99. The number of fused-ring (bicyclic) bond motifs is 2. The van der Waals surface area contributed by atoms with E-state index >= 15 is 0 Å². The molecule has 0 aliphatic carbocycles. The number of aryl methyl sites for hydroxylation is 2. The molecule has 1 fully saturated rings. The molecular formula is C33H34N4O5. The predicted octanol–water partition coefficient (Wildman–Crippen LogP) is 6.49. The molecular weight excluding hydrogens is 532 g/mol. The summed E-state index contributed by atoms with van der Waals surface area (Å²) in [5.41, 5.74) is 5.38. The summed E-state index contributed by atoms with van der Waals surface area (Å²) in [4.78, 5) is 28.8. The molecule has 3 heterocycles. The fraction of sp³-hybridized carbons (Fsp3) is 0.303. The van der Waals surface area contributed by atoms with Gasteiger partial charge < -0.3 is 24.5 Å². The maximum Gasteiger partial charge on any atom is 0.512 e. The second-order valence-corrected chi connectivity index (χ2v) is 10.7. The van der Waals surface area contributed by atoms with Gasteiger partial charge in [-0.25, -0.2) is 4.79 Å². The number of likely N-dealkylation sites (tertiary alicyclic amines) is 1. The molecule has 9 nitrogen and oxygen atoms in total. The van der Waals surface area contributed by atoms with Crippen molar-refractivity contribution in [2.75, 3.05) is 19.7 Å². The fourth-order valence-corrected chi connectivity index (χ4v) is 6.09. The molecule has 1 aliphatic heterocycles. The molecule has 0 bridgehead atoms. The van der Waals surface area contributed by atoms with E-state index in [4.69, 9.17) is 14.6 Å². The molecule has 1 amide bonds. The van der Waals surface area contributed by atoms with Gasteiger partial charge in [0.25, 0.3) is 0 Å². The van der Waals surface area contributed by atoms with Crippen LogP contribution in [0.5, 0.6) is 11.6 Å². The second-order valence-electron chi connectivity index (χ2n) is 10.7. The van der Waals surface area contributed by atoms with Crippen LogP contribution >= 0.6 is 0 Å². The average Bonchev–Trinajstić information content (AvgIpc) is 3.63. The summed E-state index contributed by atoms with van der Waals surface area (Å²) in [6, 6.07) is 20.1. The molecule has 0 saturated carbocycles. The lowest BCUT2D eigenvalue weighted by Crippen LogP contribution is -2.29. The normalized spacial score (nSPS) is 13.4. The van der Waals surface area contributed by atoms with E-state index in [0.717, 1.165) is 68.5 Å². The van der Waals surface area contributed by atoms with Crippen LogP contribution in [0.25, 0.3) is 32.8 Å². The van der Waals surface area contributed by atoms with E-state index in [1.807, 2.05) is 72.0 Å². The Balaban J connectivity index is 1.26. The maximum atomic E-state index is 12.1. The number of para-hydroxylation sites is 1. The van der Waals surface area contributed by atoms with Gasteiger partial charge in [-0.3, -0.25) is 9.48 Å². The van der Waals surface area contributed by atoms with Crippen molar-refractivity contribution in [1.82, 2.24) is 19.7 Å². The number of nitrogens with one attached hydrogen (secondary N) is 1. The fourth-order valence-electron chi connectivity index (χ4n) is 6.09. The summed E-state index contributed by atoms with van der Waals surface area (Å²) in [6.45, 7) is 6.53. The molecule has 6 rings (SSSR count). The quantitative estimate of drug-likeness (QED) is 0.148. The monoisotopic (exact) mass is 566 g/mol. The highest BCUT2D eigenvalue weighted by Gasteiger charge is 2.23. The molecule has 42 heavy (non-hydrogen) atoms. The molecule has 1 saturated heterocycles. The van der Waals surface area contributed by atoms with Crippen molar-refractivity contribution in [3.63, 3.8) is 0 Å². The van der Waals surface area contributed by atoms with E-state index in [0.29, 0.717) is 39.0 Å². The molecule has 9 heteroatoms. The molecule has 0 atom stereocenters. The number of benzene rings is 3. The largest absolute Gasteiger partial charge is 0.512 e. The highest BCUT2D eigenvalue weighted by atomic mass is 16.7. The molecule has 0 unspecified atom stereocenters. The van der Waals surface area contributed by atoms with Crippen molar-refractivity contribution in [3.8, 4) is 22.8 Å². The third-order valence-electron chi connectivity index (χ3n) is 8.07. The molecule has 2 aromatic heterocycles. The lowest BCUT2D eigenvalue weighted by molar-refractivity contribution is -0.127. The predicted molar refractivity (Wildman–Crippen MR) is 161 cm³/mol. The minimum atomic E-state index is -1.37. The van der Waals surface area contributed by atoms with Crippen LogP contribution in [0.15, 0.2) is 60.7 Å². The van der Waals surface area contributed by atoms with E-state index < -0.39 is 6.16 Å². The second kappa shape index (κ2) is 11.6. The molecule has 3 aromatic carbocycles. The van der Waals surface area contributed by atoms with Gasteiger partial charge in [0.05, 0.1) is 24.4 Å². The zero-order chi connectivity index (χ0) is 29.2. The summed E-state index contributed by atoms with van der Waals surface area (Å²) in [5.74, 6) is 1.26. The van der Waals surface area contributed by atoms with Gasteiger partial charge in [0.1, 0.15) is 5.75 Å². The zero-order valence-corrected chi connectivity index (χ0v) is 23.9. The van der Waals surface area contributed by atoms with Gasteiger partial charge >= 0.3 is 6.16 Å². The molecule has 1 aliphatic rings. The SMILES string of the molecule is Cc1nn(CCN2CCCC2=O)c(C)c1-c1cccc2c(CCCOc3cccc4ccccc34)c(OC(=O)O)[nH]c12. The van der Waals surface area contributed by atoms with Crippen LogP contribution in [-0.4, -0.2) is 56.5 Å². The number of hydrogen-bond donors (Lipinski definition) is 2. The van der Waals surface area contributed by atoms with Crippen molar-refractivity contribution in [2.45, 2.75) is 46.1 Å². The number of ether oxygens (including phenoxy) is 2. The molecule has 216 valence electrons. The summed E-state index contributed by atoms with van der Waals surface area (Å²) in [6.07, 6.45) is 1.40. The van der Waals surface area contributed by atoms with Crippen molar-refractivity contribution in [2.24, 2.45) is 0 Å². The van der Waals surface area contributed by atoms with E-state index in [9.17, 15) is 14.7 Å². The Hall–Kier alpha value is -4.79. The third kappa shape index (κ3) is 5.30. The summed E-state index contributed by atoms with van der Waals surface area (Å²) >= 11 is 0. The Morgan fingerprint density at radius 1 is 1.02 bits per heavy atom. The topological polar surface area (TPSA) is 110 Å². The number of amides is 1. The Morgan fingerprint density at radius 3 is 2.62 bits per heavy atom. The number of carboxylic acid groups (broad SMARTS) is 1. The van der Waals surface area contributed by atoms with Crippen LogP contribution < -0.4 is 9.47 Å². The first-order chi connectivity index (χ1) is 20.4. The summed E-state index contributed by atoms with van der Waals surface area (Å²) < 4.78 is 13.3. The first-order valence-electron chi connectivity index (χ1n) is 14.4. The number of carbonyl (C=O) groups excluding carboxylic acids is 1. The Morgan fingerprint density at radius 2 is 1.81 bits per heavy atom. The van der Waals surface area contributed by atoms with Crippen LogP contribution in [0, 0.1) is 13.8 Å². The highest BCUT2D eigenvalue weighted by Crippen LogP contribution is 2.38. The van der Waals surface area contributed by atoms with Gasteiger partial charge in [-0.2, -0.15) is 5.10 Å². The first-order valence-corrected chi connectivity index (χ1v) is 14.4. The van der Waals surface area contributed by atoms with E-state index in [-0.39, 0.29) is 11.8 Å². The summed E-state index contributed by atoms with van der Waals surface area (Å²) in [7, 11) is 0. The average molecular weight is 567 g/mol. The van der Waals surface area contributed by atoms with Crippen molar-refractivity contribution < 1.29 is 24.2 Å². The van der Waals surface area contributed by atoms with Gasteiger partial charge in [-0.1, -0.05) is 54.6 Å². The smallest absolute Gasteiger partial charge is 0.493 e. The van der Waals surface area contributed by atoms with Crippen LogP contribution in [-0.2, 0) is 17.8 Å². The molecule has 0 spiro atoms. The van der Waals surface area contributed by atoms with Crippen LogP contribution in [0.4, 0.5) is 4.79 Å². The van der Waals surface area contributed by atoms with Crippen LogP contribution in [0.2, 0.25) is 0 Å². The van der Waals surface area contributed by atoms with E-state index in [2.05, 4.69) is 17.1 Å². The van der Waals surface area contributed by atoms with Crippen LogP contribution in [0.1, 0.15) is 36.2 Å². The number of carbonyl (C=O) groups is 2. The molecule has 0 radical (unpaired) electrons. The maximum absolute atomic E-state index is 12.1. The Bertz CT molecular complexity index is 1780. The number of nitrogens with zero attached hydrogens (tertiary/aromatic N) is 3. The van der Waals surface area contributed by atoms with Gasteiger partial charge in [-0.15, -0.1) is 0 Å².